The van der Waals surface area contributed by atoms with Gasteiger partial charge < -0.3 is 10.6 Å². The highest BCUT2D eigenvalue weighted by Crippen LogP contribution is 2.42. The lowest BCUT2D eigenvalue weighted by atomic mass is 10.0. The Bertz CT molecular complexity index is 993. The summed E-state index contributed by atoms with van der Waals surface area (Å²) in [5.74, 6) is 0.344. The fourth-order valence-electron chi connectivity index (χ4n) is 4.05. The minimum Gasteiger partial charge on any atom is -0.325 e. The Hall–Kier alpha value is -2.73. The average molecular weight is 350 g/mol. The topological polar surface area (TPSA) is 64.2 Å². The largest absolute Gasteiger partial charge is 0.325 e. The van der Waals surface area contributed by atoms with Gasteiger partial charge >= 0.3 is 0 Å². The first-order valence-electron chi connectivity index (χ1n) is 8.93. The van der Waals surface area contributed by atoms with Crippen LogP contribution in [0.5, 0.6) is 0 Å². The fourth-order valence-corrected chi connectivity index (χ4v) is 4.05. The molecule has 3 aromatic rings. The van der Waals surface area contributed by atoms with Crippen LogP contribution in [0.1, 0.15) is 19.3 Å². The van der Waals surface area contributed by atoms with Gasteiger partial charge in [-0.1, -0.05) is 0 Å². The molecule has 0 radical (unpaired) electrons. The number of hydrogen-bond acceptors (Lipinski definition) is 3. The van der Waals surface area contributed by atoms with Crippen molar-refractivity contribution in [2.24, 2.45) is 11.7 Å². The van der Waals surface area contributed by atoms with Crippen LogP contribution in [0.15, 0.2) is 48.7 Å². The summed E-state index contributed by atoms with van der Waals surface area (Å²) in [6.45, 7) is 0. The zero-order chi connectivity index (χ0) is 17.8. The van der Waals surface area contributed by atoms with E-state index in [0.717, 1.165) is 35.1 Å². The number of anilines is 1. The predicted molar refractivity (Wildman–Crippen MR) is 97.6 cm³/mol. The van der Waals surface area contributed by atoms with Gasteiger partial charge in [0.05, 0.1) is 23.4 Å². The zero-order valence-corrected chi connectivity index (χ0v) is 14.2. The highest BCUT2D eigenvalue weighted by Gasteiger charge is 2.46. The molecule has 1 aliphatic carbocycles. The Labute approximate surface area is 150 Å². The van der Waals surface area contributed by atoms with Crippen LogP contribution in [-0.2, 0) is 4.79 Å². The zero-order valence-electron chi connectivity index (χ0n) is 14.2. The van der Waals surface area contributed by atoms with Gasteiger partial charge in [-0.3, -0.25) is 4.79 Å². The van der Waals surface area contributed by atoms with Gasteiger partial charge in [0.2, 0.25) is 5.91 Å². The van der Waals surface area contributed by atoms with E-state index in [0.29, 0.717) is 12.3 Å². The van der Waals surface area contributed by atoms with Crippen LogP contribution in [0.25, 0.3) is 16.6 Å². The molecule has 2 atom stereocenters. The second-order valence-electron chi connectivity index (χ2n) is 7.24. The summed E-state index contributed by atoms with van der Waals surface area (Å²) in [7, 11) is 0. The number of fused-ring (bicyclic) bond motifs is 1. The quantitative estimate of drug-likeness (QED) is 0.790. The first-order chi connectivity index (χ1) is 12.6. The van der Waals surface area contributed by atoms with Crippen molar-refractivity contribution >= 4 is 22.5 Å². The molecule has 0 unspecified atom stereocenters. The van der Waals surface area contributed by atoms with Crippen molar-refractivity contribution < 1.29 is 9.18 Å². The van der Waals surface area contributed by atoms with Crippen molar-refractivity contribution in [3.63, 3.8) is 0 Å². The fraction of sp³-hybridized carbons (Fsp3) is 0.300. The van der Waals surface area contributed by atoms with Gasteiger partial charge in [0.1, 0.15) is 5.82 Å². The van der Waals surface area contributed by atoms with Crippen LogP contribution < -0.4 is 10.6 Å². The van der Waals surface area contributed by atoms with Crippen molar-refractivity contribution in [2.45, 2.75) is 31.3 Å². The number of nitrogens with two attached hydrogens (primary N) is 1. The van der Waals surface area contributed by atoms with Gasteiger partial charge in [0.15, 0.2) is 0 Å². The van der Waals surface area contributed by atoms with Crippen LogP contribution in [0.2, 0.25) is 0 Å². The van der Waals surface area contributed by atoms with Gasteiger partial charge in [-0.15, -0.1) is 0 Å². The van der Waals surface area contributed by atoms with E-state index in [1.54, 1.807) is 23.0 Å². The summed E-state index contributed by atoms with van der Waals surface area (Å²) in [6, 6.07) is 12.2. The van der Waals surface area contributed by atoms with Crippen LogP contribution in [0.4, 0.5) is 10.1 Å². The molecule has 2 aromatic carbocycles. The number of rotatable bonds is 3. The summed E-state index contributed by atoms with van der Waals surface area (Å²) >= 11 is 0. The number of hydrogen-bond donors (Lipinski definition) is 1. The van der Waals surface area contributed by atoms with Crippen LogP contribution >= 0.6 is 0 Å². The third kappa shape index (κ3) is 2.41. The summed E-state index contributed by atoms with van der Waals surface area (Å²) < 4.78 is 14.9. The number of amides is 1. The van der Waals surface area contributed by atoms with Gasteiger partial charge in [0, 0.05) is 23.5 Å². The first kappa shape index (κ1) is 15.5. The molecule has 0 spiro atoms. The molecule has 26 heavy (non-hydrogen) atoms. The number of halogens is 1. The van der Waals surface area contributed by atoms with Gasteiger partial charge in [-0.2, -0.15) is 5.10 Å². The maximum Gasteiger partial charge on any atom is 0.228 e. The van der Waals surface area contributed by atoms with E-state index in [9.17, 15) is 9.18 Å². The van der Waals surface area contributed by atoms with Crippen molar-refractivity contribution in [3.05, 3.63) is 54.5 Å². The highest BCUT2D eigenvalue weighted by molar-refractivity contribution is 5.99. The minimum absolute atomic E-state index is 0.0902. The maximum absolute atomic E-state index is 13.2. The van der Waals surface area contributed by atoms with Crippen molar-refractivity contribution in [1.82, 2.24) is 9.78 Å². The standard InChI is InChI=1S/C20H19FN4O/c21-14-3-5-15(6-4-14)25-18-8-7-16(9-13(18)11-23-25)24-19(26)10-17(22)20(24)12-1-2-12/h3-9,11-12,17,20H,1-2,10,22H2/t17-,20+/m0/s1. The second kappa shape index (κ2) is 5.64. The van der Waals surface area contributed by atoms with E-state index >= 15 is 0 Å². The smallest absolute Gasteiger partial charge is 0.228 e. The second-order valence-corrected chi connectivity index (χ2v) is 7.24. The number of aromatic nitrogens is 2. The van der Waals surface area contributed by atoms with E-state index in [-0.39, 0.29) is 23.8 Å². The summed E-state index contributed by atoms with van der Waals surface area (Å²) in [5, 5.41) is 5.37. The number of nitrogens with zero attached hydrogens (tertiary/aromatic N) is 3. The normalized spacial score (nSPS) is 23.2. The SMILES string of the molecule is N[C@H]1CC(=O)N(c2ccc3c(cnn3-c3ccc(F)cc3)c2)[C@@H]1C1CC1. The summed E-state index contributed by atoms with van der Waals surface area (Å²) in [4.78, 5) is 14.4. The molecule has 2 N–H and O–H groups in total. The molecule has 6 heteroatoms. The molecule has 5 nitrogen and oxygen atoms in total. The van der Waals surface area contributed by atoms with Crippen molar-refractivity contribution in [1.29, 1.82) is 0 Å². The lowest BCUT2D eigenvalue weighted by Crippen LogP contribution is -2.42. The van der Waals surface area contributed by atoms with Gasteiger partial charge in [-0.05, 0) is 61.2 Å². The van der Waals surface area contributed by atoms with E-state index < -0.39 is 0 Å². The van der Waals surface area contributed by atoms with Crippen LogP contribution in [-0.4, -0.2) is 27.8 Å². The monoisotopic (exact) mass is 350 g/mol. The molecule has 0 bridgehead atoms. The summed E-state index contributed by atoms with van der Waals surface area (Å²) in [6.07, 6.45) is 4.47. The number of benzene rings is 2. The Kier molecular flexibility index (Phi) is 3.37. The van der Waals surface area contributed by atoms with E-state index in [4.69, 9.17) is 5.73 Å². The molecule has 2 aliphatic rings. The average Bonchev–Trinajstić information content (AvgIpc) is 3.30. The highest BCUT2D eigenvalue weighted by atomic mass is 19.1. The van der Waals surface area contributed by atoms with Gasteiger partial charge in [0.25, 0.3) is 0 Å². The lowest BCUT2D eigenvalue weighted by molar-refractivity contribution is -0.117. The molecular formula is C20H19FN4O. The first-order valence-corrected chi connectivity index (χ1v) is 8.93. The molecule has 1 aliphatic heterocycles. The van der Waals surface area contributed by atoms with Gasteiger partial charge in [-0.25, -0.2) is 9.07 Å². The molecule has 5 rings (SSSR count). The van der Waals surface area contributed by atoms with E-state index in [1.807, 2.05) is 23.1 Å². The lowest BCUT2D eigenvalue weighted by Gasteiger charge is -2.27. The third-order valence-corrected chi connectivity index (χ3v) is 5.42. The number of carbonyl (C=O) groups excluding carboxylic acids is 1. The summed E-state index contributed by atoms with van der Waals surface area (Å²) in [5.41, 5.74) is 8.83. The molecule has 2 heterocycles. The molecule has 132 valence electrons. The number of carbonyl (C=O) groups is 1. The van der Waals surface area contributed by atoms with Crippen molar-refractivity contribution in [2.75, 3.05) is 4.90 Å². The molecule has 1 amide bonds. The maximum atomic E-state index is 13.2. The Balaban J connectivity index is 1.55. The Morgan fingerprint density at radius 2 is 1.81 bits per heavy atom. The third-order valence-electron chi connectivity index (χ3n) is 5.42. The predicted octanol–water partition coefficient (Wildman–Crippen LogP) is 3.01. The molecule has 1 saturated carbocycles. The van der Waals surface area contributed by atoms with E-state index in [1.165, 1.54) is 12.1 Å². The molecule has 1 aromatic heterocycles. The van der Waals surface area contributed by atoms with E-state index in [2.05, 4.69) is 5.10 Å². The Morgan fingerprint density at radius 1 is 1.08 bits per heavy atom. The van der Waals surface area contributed by atoms with Crippen LogP contribution in [0.3, 0.4) is 0 Å². The van der Waals surface area contributed by atoms with Crippen molar-refractivity contribution in [3.8, 4) is 5.69 Å². The Morgan fingerprint density at radius 3 is 2.54 bits per heavy atom. The minimum atomic E-state index is -0.275. The molecule has 1 saturated heterocycles. The molecule has 2 fully saturated rings. The molecular weight excluding hydrogens is 331 g/mol. The van der Waals surface area contributed by atoms with Crippen LogP contribution in [0, 0.1) is 11.7 Å².